The van der Waals surface area contributed by atoms with Gasteiger partial charge >= 0.3 is 5.97 Å². The van der Waals surface area contributed by atoms with Crippen LogP contribution in [0.3, 0.4) is 0 Å². The Morgan fingerprint density at radius 3 is 2.04 bits per heavy atom. The van der Waals surface area contributed by atoms with E-state index in [-0.39, 0.29) is 22.5 Å². The van der Waals surface area contributed by atoms with Crippen molar-refractivity contribution in [2.75, 3.05) is 14.1 Å². The summed E-state index contributed by atoms with van der Waals surface area (Å²) < 4.78 is 5.66. The van der Waals surface area contributed by atoms with E-state index >= 15 is 0 Å². The maximum Gasteiger partial charge on any atom is 0.308 e. The number of nitrogens with zero attached hydrogens (tertiary/aromatic N) is 1. The Balaban J connectivity index is 3.97. The zero-order valence-corrected chi connectivity index (χ0v) is 18.7. The monoisotopic (exact) mass is 393 g/mol. The summed E-state index contributed by atoms with van der Waals surface area (Å²) in [4.78, 5) is 37.9. The molecule has 0 spiro atoms. The van der Waals surface area contributed by atoms with Crippen molar-refractivity contribution in [3.63, 3.8) is 0 Å². The number of benzene rings is 1. The third-order valence-electron chi connectivity index (χ3n) is 4.00. The molecule has 0 unspecified atom stereocenters. The SMILES string of the molecule is CC(=O)Oc1c(C(C)(C)C)cc(SC(=O)N(C)C)c(CC=O)c1C(C)(C)C. The van der Waals surface area contributed by atoms with Gasteiger partial charge in [0.25, 0.3) is 5.24 Å². The van der Waals surface area contributed by atoms with Gasteiger partial charge in [-0.1, -0.05) is 41.5 Å². The fraction of sp³-hybridized carbons (Fsp3) is 0.571. The molecule has 150 valence electrons. The van der Waals surface area contributed by atoms with Crippen LogP contribution in [0.2, 0.25) is 0 Å². The van der Waals surface area contributed by atoms with Crippen LogP contribution in [0.4, 0.5) is 4.79 Å². The highest BCUT2D eigenvalue weighted by Gasteiger charge is 2.33. The third kappa shape index (κ3) is 5.83. The molecular formula is C21H31NO4S. The minimum atomic E-state index is -0.409. The summed E-state index contributed by atoms with van der Waals surface area (Å²) in [6, 6.07) is 1.89. The molecule has 0 aromatic heterocycles. The van der Waals surface area contributed by atoms with Crippen molar-refractivity contribution in [1.82, 2.24) is 4.90 Å². The van der Waals surface area contributed by atoms with E-state index in [1.54, 1.807) is 14.1 Å². The average molecular weight is 394 g/mol. The van der Waals surface area contributed by atoms with Gasteiger partial charge < -0.3 is 14.4 Å². The summed E-state index contributed by atoms with van der Waals surface area (Å²) in [5.74, 6) is 0.0915. The summed E-state index contributed by atoms with van der Waals surface area (Å²) in [6.45, 7) is 13.5. The lowest BCUT2D eigenvalue weighted by molar-refractivity contribution is -0.132. The van der Waals surface area contributed by atoms with Gasteiger partial charge in [-0.2, -0.15) is 0 Å². The molecule has 1 amide bonds. The lowest BCUT2D eigenvalue weighted by Gasteiger charge is -2.32. The molecule has 0 bridgehead atoms. The van der Waals surface area contributed by atoms with Crippen LogP contribution in [0.25, 0.3) is 0 Å². The second kappa shape index (κ2) is 8.46. The highest BCUT2D eigenvalue weighted by Crippen LogP contribution is 2.46. The van der Waals surface area contributed by atoms with Gasteiger partial charge in [0.2, 0.25) is 0 Å². The summed E-state index contributed by atoms with van der Waals surface area (Å²) in [5.41, 5.74) is 1.67. The second-order valence-corrected chi connectivity index (χ2v) is 9.82. The number of amides is 1. The molecule has 0 heterocycles. The van der Waals surface area contributed by atoms with Crippen LogP contribution < -0.4 is 4.74 Å². The van der Waals surface area contributed by atoms with E-state index in [2.05, 4.69) is 0 Å². The summed E-state index contributed by atoms with van der Waals surface area (Å²) in [7, 11) is 3.38. The van der Waals surface area contributed by atoms with E-state index in [1.807, 2.05) is 47.6 Å². The van der Waals surface area contributed by atoms with E-state index in [0.29, 0.717) is 5.75 Å². The molecule has 1 aromatic rings. The number of rotatable bonds is 4. The van der Waals surface area contributed by atoms with Crippen LogP contribution >= 0.6 is 11.8 Å². The van der Waals surface area contributed by atoms with Gasteiger partial charge in [0.05, 0.1) is 0 Å². The van der Waals surface area contributed by atoms with E-state index in [1.165, 1.54) is 11.8 Å². The number of hydrogen-bond acceptors (Lipinski definition) is 5. The largest absolute Gasteiger partial charge is 0.426 e. The highest BCUT2D eigenvalue weighted by atomic mass is 32.2. The molecule has 0 aliphatic rings. The molecule has 0 N–H and O–H groups in total. The van der Waals surface area contributed by atoms with Crippen molar-refractivity contribution < 1.29 is 19.1 Å². The van der Waals surface area contributed by atoms with Crippen molar-refractivity contribution in [3.05, 3.63) is 22.8 Å². The van der Waals surface area contributed by atoms with Crippen molar-refractivity contribution >= 4 is 29.3 Å². The molecule has 0 aliphatic heterocycles. The number of aldehydes is 1. The van der Waals surface area contributed by atoms with E-state index in [4.69, 9.17) is 4.74 Å². The van der Waals surface area contributed by atoms with Crippen molar-refractivity contribution in [2.45, 2.75) is 70.6 Å². The Bertz CT molecular complexity index is 740. The maximum absolute atomic E-state index is 12.4. The van der Waals surface area contributed by atoms with E-state index in [9.17, 15) is 14.4 Å². The van der Waals surface area contributed by atoms with Gasteiger partial charge in [-0.15, -0.1) is 0 Å². The number of carbonyl (C=O) groups excluding carboxylic acids is 3. The van der Waals surface area contributed by atoms with Gasteiger partial charge in [0.1, 0.15) is 12.0 Å². The fourth-order valence-electron chi connectivity index (χ4n) is 2.84. The zero-order chi connectivity index (χ0) is 21.2. The quantitative estimate of drug-likeness (QED) is 0.320. The maximum atomic E-state index is 12.4. The molecule has 0 radical (unpaired) electrons. The molecular weight excluding hydrogens is 362 g/mol. The van der Waals surface area contributed by atoms with Crippen molar-refractivity contribution in [3.8, 4) is 5.75 Å². The Kier molecular flexibility index (Phi) is 7.28. The van der Waals surface area contributed by atoms with Crippen LogP contribution in [0.15, 0.2) is 11.0 Å². The van der Waals surface area contributed by atoms with Gasteiger partial charge in [0, 0.05) is 43.5 Å². The second-order valence-electron chi connectivity index (χ2n) is 8.83. The molecule has 0 atom stereocenters. The first-order valence-electron chi connectivity index (χ1n) is 8.92. The minimum Gasteiger partial charge on any atom is -0.426 e. The third-order valence-corrected chi connectivity index (χ3v) is 5.12. The topological polar surface area (TPSA) is 63.7 Å². The highest BCUT2D eigenvalue weighted by molar-refractivity contribution is 8.13. The number of esters is 1. The first-order valence-corrected chi connectivity index (χ1v) is 9.73. The molecule has 1 aromatic carbocycles. The van der Waals surface area contributed by atoms with Crippen molar-refractivity contribution in [2.24, 2.45) is 0 Å². The molecule has 1 rings (SSSR count). The Labute approximate surface area is 166 Å². The average Bonchev–Trinajstić information content (AvgIpc) is 2.46. The van der Waals surface area contributed by atoms with Gasteiger partial charge in [0.15, 0.2) is 0 Å². The summed E-state index contributed by atoms with van der Waals surface area (Å²) in [5, 5.41) is -0.123. The van der Waals surface area contributed by atoms with Crippen LogP contribution in [0.1, 0.15) is 65.2 Å². The molecule has 0 aliphatic carbocycles. The molecule has 6 heteroatoms. The fourth-order valence-corrected chi connectivity index (χ4v) is 3.70. The van der Waals surface area contributed by atoms with Crippen LogP contribution in [-0.2, 0) is 26.8 Å². The minimum absolute atomic E-state index is 0.123. The molecule has 0 saturated carbocycles. The first-order chi connectivity index (χ1) is 12.2. The normalized spacial score (nSPS) is 11.9. The van der Waals surface area contributed by atoms with Crippen LogP contribution in [0.5, 0.6) is 5.75 Å². The zero-order valence-electron chi connectivity index (χ0n) is 17.9. The van der Waals surface area contributed by atoms with Gasteiger partial charge in [-0.3, -0.25) is 9.59 Å². The Morgan fingerprint density at radius 1 is 1.11 bits per heavy atom. The number of thioether (sulfide) groups is 1. The van der Waals surface area contributed by atoms with Crippen LogP contribution in [-0.4, -0.2) is 36.5 Å². The number of hydrogen-bond donors (Lipinski definition) is 0. The number of carbonyl (C=O) groups is 3. The Morgan fingerprint density at radius 2 is 1.67 bits per heavy atom. The first kappa shape index (κ1) is 23.2. The van der Waals surface area contributed by atoms with Crippen molar-refractivity contribution in [1.29, 1.82) is 0 Å². The molecule has 27 heavy (non-hydrogen) atoms. The molecule has 5 nitrogen and oxygen atoms in total. The predicted octanol–water partition coefficient (Wildman–Crippen LogP) is 4.72. The van der Waals surface area contributed by atoms with E-state index in [0.717, 1.165) is 39.6 Å². The number of ether oxygens (including phenoxy) is 1. The molecule has 0 fully saturated rings. The van der Waals surface area contributed by atoms with Crippen LogP contribution in [0, 0.1) is 0 Å². The lowest BCUT2D eigenvalue weighted by Crippen LogP contribution is -2.24. The smallest absolute Gasteiger partial charge is 0.308 e. The van der Waals surface area contributed by atoms with Gasteiger partial charge in [-0.05, 0) is 34.2 Å². The summed E-state index contributed by atoms with van der Waals surface area (Å²) >= 11 is 1.09. The summed E-state index contributed by atoms with van der Waals surface area (Å²) in [6.07, 6.45) is 0.970. The Hall–Kier alpha value is -1.82. The standard InChI is InChI=1S/C21H31NO4S/c1-13(24)26-18-15(20(2,3)4)12-16(27-19(25)22(8)9)14(10-11-23)17(18)21(5,6)7/h11-12H,10H2,1-9H3. The lowest BCUT2D eigenvalue weighted by atomic mass is 9.76. The predicted molar refractivity (Wildman–Crippen MR) is 110 cm³/mol. The van der Waals surface area contributed by atoms with Gasteiger partial charge in [-0.25, -0.2) is 0 Å². The van der Waals surface area contributed by atoms with E-state index < -0.39 is 5.97 Å². The molecule has 0 saturated heterocycles.